The second kappa shape index (κ2) is 5.28. The van der Waals surface area contributed by atoms with Gasteiger partial charge in [-0.15, -0.1) is 0 Å². The number of hydrogen-bond acceptors (Lipinski definition) is 4. The number of nitrogens with one attached hydrogen (secondary N) is 2. The first kappa shape index (κ1) is 14.0. The van der Waals surface area contributed by atoms with Crippen LogP contribution < -0.4 is 9.44 Å². The minimum absolute atomic E-state index is 0.00725. The first-order valence-corrected chi connectivity index (χ1v) is 7.46. The predicted octanol–water partition coefficient (Wildman–Crippen LogP) is 1.94. The molecule has 2 rings (SSSR count). The molecule has 19 heavy (non-hydrogen) atoms. The van der Waals surface area contributed by atoms with Crippen LogP contribution >= 0.6 is 11.6 Å². The average molecular weight is 301 g/mol. The molecule has 102 valence electrons. The standard InChI is InChI=1S/C11H13ClN4O2S/c1-7(2)15-19(17,18)16-11-10(12)13-8-5-3-4-6-9(8)14-11/h3-7,15H,1-2H3,(H,14,16). The molecule has 0 unspecified atom stereocenters. The zero-order valence-electron chi connectivity index (χ0n) is 10.4. The van der Waals surface area contributed by atoms with Crippen molar-refractivity contribution in [3.63, 3.8) is 0 Å². The number of fused-ring (bicyclic) bond motifs is 1. The maximum atomic E-state index is 11.8. The lowest BCUT2D eigenvalue weighted by atomic mass is 10.3. The summed E-state index contributed by atoms with van der Waals surface area (Å²) in [6.45, 7) is 3.43. The molecule has 0 radical (unpaired) electrons. The number of benzene rings is 1. The van der Waals surface area contributed by atoms with Gasteiger partial charge in [0, 0.05) is 6.04 Å². The van der Waals surface area contributed by atoms with Crippen molar-refractivity contribution in [3.05, 3.63) is 29.4 Å². The van der Waals surface area contributed by atoms with E-state index >= 15 is 0 Å². The van der Waals surface area contributed by atoms with Gasteiger partial charge in [-0.2, -0.15) is 13.1 Å². The van der Waals surface area contributed by atoms with E-state index in [0.29, 0.717) is 11.0 Å². The fourth-order valence-electron chi connectivity index (χ4n) is 1.51. The number of aromatic nitrogens is 2. The third-order valence-corrected chi connectivity index (χ3v) is 3.66. The van der Waals surface area contributed by atoms with Crippen LogP contribution in [0.2, 0.25) is 5.15 Å². The van der Waals surface area contributed by atoms with E-state index in [4.69, 9.17) is 11.6 Å². The summed E-state index contributed by atoms with van der Waals surface area (Å²) in [5.74, 6) is 0.00789. The van der Waals surface area contributed by atoms with E-state index in [1.54, 1.807) is 38.1 Å². The molecule has 1 aromatic carbocycles. The SMILES string of the molecule is CC(C)NS(=O)(=O)Nc1nc2ccccc2nc1Cl. The molecular formula is C11H13ClN4O2S. The summed E-state index contributed by atoms with van der Waals surface area (Å²) in [6, 6.07) is 6.84. The van der Waals surface area contributed by atoms with E-state index in [-0.39, 0.29) is 17.0 Å². The number of hydrogen-bond donors (Lipinski definition) is 2. The van der Waals surface area contributed by atoms with Gasteiger partial charge in [0.05, 0.1) is 11.0 Å². The van der Waals surface area contributed by atoms with Crippen molar-refractivity contribution < 1.29 is 8.42 Å². The Hall–Kier alpha value is -1.44. The zero-order valence-corrected chi connectivity index (χ0v) is 12.0. The lowest BCUT2D eigenvalue weighted by Gasteiger charge is -2.12. The average Bonchev–Trinajstić information content (AvgIpc) is 2.27. The normalized spacial score (nSPS) is 12.0. The van der Waals surface area contributed by atoms with E-state index in [9.17, 15) is 8.42 Å². The van der Waals surface area contributed by atoms with Crippen molar-refractivity contribution in [1.82, 2.24) is 14.7 Å². The number of anilines is 1. The van der Waals surface area contributed by atoms with E-state index in [0.717, 1.165) is 0 Å². The van der Waals surface area contributed by atoms with Gasteiger partial charge in [0.25, 0.3) is 0 Å². The Bertz CT molecular complexity index is 703. The Balaban J connectivity index is 2.38. The van der Waals surface area contributed by atoms with Crippen LogP contribution in [0.15, 0.2) is 24.3 Å². The first-order chi connectivity index (χ1) is 8.87. The Morgan fingerprint density at radius 3 is 2.32 bits per heavy atom. The topological polar surface area (TPSA) is 84.0 Å². The van der Waals surface area contributed by atoms with Crippen molar-refractivity contribution in [1.29, 1.82) is 0 Å². The summed E-state index contributed by atoms with van der Waals surface area (Å²) >= 11 is 5.92. The maximum Gasteiger partial charge on any atom is 0.300 e. The maximum absolute atomic E-state index is 11.8. The van der Waals surface area contributed by atoms with Crippen LogP contribution in [0.4, 0.5) is 5.82 Å². The zero-order chi connectivity index (χ0) is 14.0. The molecule has 0 bridgehead atoms. The summed E-state index contributed by atoms with van der Waals surface area (Å²) in [4.78, 5) is 8.23. The highest BCUT2D eigenvalue weighted by molar-refractivity contribution is 7.90. The Kier molecular flexibility index (Phi) is 3.88. The van der Waals surface area contributed by atoms with Crippen LogP contribution in [0.1, 0.15) is 13.8 Å². The van der Waals surface area contributed by atoms with Crippen molar-refractivity contribution in [2.24, 2.45) is 0 Å². The second-order valence-electron chi connectivity index (χ2n) is 4.23. The number of rotatable bonds is 4. The first-order valence-electron chi connectivity index (χ1n) is 5.60. The van der Waals surface area contributed by atoms with Gasteiger partial charge < -0.3 is 0 Å². The van der Waals surface area contributed by atoms with Crippen LogP contribution in [0.3, 0.4) is 0 Å². The summed E-state index contributed by atoms with van der Waals surface area (Å²) < 4.78 is 28.1. The largest absolute Gasteiger partial charge is 0.300 e. The molecule has 2 aromatic rings. The van der Waals surface area contributed by atoms with Gasteiger partial charge in [0.1, 0.15) is 0 Å². The number of para-hydroxylation sites is 2. The van der Waals surface area contributed by atoms with E-state index in [1.165, 1.54) is 0 Å². The molecule has 1 heterocycles. The molecular weight excluding hydrogens is 288 g/mol. The van der Waals surface area contributed by atoms with Gasteiger partial charge in [0.2, 0.25) is 0 Å². The molecule has 0 fully saturated rings. The lowest BCUT2D eigenvalue weighted by molar-refractivity contribution is 0.575. The Labute approximate surface area is 116 Å². The summed E-state index contributed by atoms with van der Waals surface area (Å²) in [6.07, 6.45) is 0. The molecule has 0 amide bonds. The van der Waals surface area contributed by atoms with Crippen LogP contribution in [-0.2, 0) is 10.2 Å². The van der Waals surface area contributed by atoms with Crippen molar-refractivity contribution in [2.75, 3.05) is 4.72 Å². The molecule has 8 heteroatoms. The fraction of sp³-hybridized carbons (Fsp3) is 0.273. The van der Waals surface area contributed by atoms with Crippen LogP contribution in [-0.4, -0.2) is 24.4 Å². The molecule has 0 atom stereocenters. The highest BCUT2D eigenvalue weighted by atomic mass is 35.5. The molecule has 6 nitrogen and oxygen atoms in total. The Morgan fingerprint density at radius 2 is 1.74 bits per heavy atom. The summed E-state index contributed by atoms with van der Waals surface area (Å²) in [5, 5.41) is 0.00725. The Morgan fingerprint density at radius 1 is 1.16 bits per heavy atom. The molecule has 0 aliphatic carbocycles. The molecule has 0 saturated carbocycles. The van der Waals surface area contributed by atoms with Gasteiger partial charge in [-0.1, -0.05) is 23.7 Å². The quantitative estimate of drug-likeness (QED) is 0.904. The fourth-order valence-corrected chi connectivity index (χ4v) is 2.82. The molecule has 0 spiro atoms. The number of nitrogens with zero attached hydrogens (tertiary/aromatic N) is 2. The highest BCUT2D eigenvalue weighted by Gasteiger charge is 2.15. The third kappa shape index (κ3) is 3.52. The lowest BCUT2D eigenvalue weighted by Crippen LogP contribution is -2.35. The molecule has 1 aromatic heterocycles. The van der Waals surface area contributed by atoms with Gasteiger partial charge in [-0.05, 0) is 26.0 Å². The molecule has 2 N–H and O–H groups in total. The van der Waals surface area contributed by atoms with Gasteiger partial charge in [0.15, 0.2) is 11.0 Å². The smallest absolute Gasteiger partial charge is 0.252 e. The van der Waals surface area contributed by atoms with Gasteiger partial charge in [-0.25, -0.2) is 9.97 Å². The predicted molar refractivity (Wildman–Crippen MR) is 75.4 cm³/mol. The van der Waals surface area contributed by atoms with E-state index < -0.39 is 10.2 Å². The summed E-state index contributed by atoms with van der Waals surface area (Å²) in [5.41, 5.74) is 1.17. The number of halogens is 1. The van der Waals surface area contributed by atoms with Crippen molar-refractivity contribution in [2.45, 2.75) is 19.9 Å². The molecule has 0 saturated heterocycles. The van der Waals surface area contributed by atoms with Crippen LogP contribution in [0.5, 0.6) is 0 Å². The summed E-state index contributed by atoms with van der Waals surface area (Å²) in [7, 11) is -3.71. The van der Waals surface area contributed by atoms with Crippen molar-refractivity contribution >= 4 is 38.7 Å². The third-order valence-electron chi connectivity index (χ3n) is 2.15. The van der Waals surface area contributed by atoms with Crippen LogP contribution in [0.25, 0.3) is 11.0 Å². The monoisotopic (exact) mass is 300 g/mol. The highest BCUT2D eigenvalue weighted by Crippen LogP contribution is 2.21. The second-order valence-corrected chi connectivity index (χ2v) is 6.03. The van der Waals surface area contributed by atoms with Crippen LogP contribution in [0, 0.1) is 0 Å². The minimum Gasteiger partial charge on any atom is -0.252 e. The van der Waals surface area contributed by atoms with Gasteiger partial charge >= 0.3 is 10.2 Å². The van der Waals surface area contributed by atoms with Gasteiger partial charge in [-0.3, -0.25) is 4.72 Å². The molecule has 0 aliphatic heterocycles. The minimum atomic E-state index is -3.71. The van der Waals surface area contributed by atoms with E-state index in [2.05, 4.69) is 19.4 Å². The van der Waals surface area contributed by atoms with E-state index in [1.807, 2.05) is 0 Å². The molecule has 0 aliphatic rings. The van der Waals surface area contributed by atoms with Crippen molar-refractivity contribution in [3.8, 4) is 0 Å².